The molecule has 28 heavy (non-hydrogen) atoms. The first-order chi connectivity index (χ1) is 13.8. The highest BCUT2D eigenvalue weighted by Gasteiger charge is 2.08. The number of rotatable bonds is 9. The molecule has 0 spiro atoms. The Kier molecular flexibility index (Phi) is 7.66. The number of nitrogens with zero attached hydrogens (tertiary/aromatic N) is 1. The summed E-state index contributed by atoms with van der Waals surface area (Å²) in [5.74, 6) is 1.62. The van der Waals surface area contributed by atoms with Gasteiger partial charge in [-0.15, -0.1) is 0 Å². The van der Waals surface area contributed by atoms with Crippen LogP contribution in [-0.2, 0) is 0 Å². The Morgan fingerprint density at radius 3 is 2.39 bits per heavy atom. The topological polar surface area (TPSA) is 21.6 Å². The maximum absolute atomic E-state index is 6.03. The quantitative estimate of drug-likeness (QED) is 0.449. The Morgan fingerprint density at radius 1 is 0.964 bits per heavy atom. The van der Waals surface area contributed by atoms with E-state index in [0.29, 0.717) is 5.92 Å². The highest BCUT2D eigenvalue weighted by atomic mass is 16.5. The van der Waals surface area contributed by atoms with E-state index in [0.717, 1.165) is 30.2 Å². The van der Waals surface area contributed by atoms with Gasteiger partial charge in [-0.1, -0.05) is 75.6 Å². The molecule has 0 radical (unpaired) electrons. The van der Waals surface area contributed by atoms with Crippen molar-refractivity contribution in [3.8, 4) is 5.75 Å². The number of unbranched alkanes of at least 4 members (excludes halogenated alkanes) is 1. The van der Waals surface area contributed by atoms with Gasteiger partial charge in [-0.2, -0.15) is 0 Å². The smallest absolute Gasteiger partial charge is 0.119 e. The average molecular weight is 374 g/mol. The number of hydrogen-bond acceptors (Lipinski definition) is 2. The number of aliphatic imine (C=N–C) groups is 1. The fourth-order valence-corrected chi connectivity index (χ4v) is 3.36. The van der Waals surface area contributed by atoms with E-state index in [4.69, 9.17) is 9.73 Å². The molecule has 0 fully saturated rings. The molecule has 0 amide bonds. The van der Waals surface area contributed by atoms with Crippen molar-refractivity contribution in [1.82, 2.24) is 0 Å². The molecular formula is C26H31NO. The lowest BCUT2D eigenvalue weighted by Crippen LogP contribution is -2.11. The summed E-state index contributed by atoms with van der Waals surface area (Å²) in [6.07, 6.45) is 12.4. The van der Waals surface area contributed by atoms with Crippen molar-refractivity contribution in [2.24, 2.45) is 10.9 Å². The van der Waals surface area contributed by atoms with Crippen molar-refractivity contribution in [1.29, 1.82) is 0 Å². The lowest BCUT2D eigenvalue weighted by atomic mass is 9.98. The Bertz CT molecular complexity index is 815. The van der Waals surface area contributed by atoms with Crippen molar-refractivity contribution < 1.29 is 4.74 Å². The normalized spacial score (nSPS) is 16.1. The van der Waals surface area contributed by atoms with Crippen molar-refractivity contribution in [3.63, 3.8) is 0 Å². The van der Waals surface area contributed by atoms with Crippen LogP contribution in [0, 0.1) is 5.92 Å². The van der Waals surface area contributed by atoms with Crippen LogP contribution in [0.3, 0.4) is 0 Å². The molecule has 0 aliphatic heterocycles. The zero-order chi connectivity index (χ0) is 19.6. The first kappa shape index (κ1) is 20.1. The Morgan fingerprint density at radius 2 is 1.75 bits per heavy atom. The molecule has 1 aliphatic rings. The van der Waals surface area contributed by atoms with Gasteiger partial charge in [0.15, 0.2) is 0 Å². The molecule has 0 aromatic heterocycles. The van der Waals surface area contributed by atoms with Crippen LogP contribution in [0.2, 0.25) is 0 Å². The van der Waals surface area contributed by atoms with E-state index >= 15 is 0 Å². The molecule has 2 heteroatoms. The summed E-state index contributed by atoms with van der Waals surface area (Å²) < 4.78 is 6.03. The maximum atomic E-state index is 6.03. The van der Waals surface area contributed by atoms with Gasteiger partial charge in [0.2, 0.25) is 0 Å². The van der Waals surface area contributed by atoms with E-state index in [2.05, 4.69) is 56.3 Å². The summed E-state index contributed by atoms with van der Waals surface area (Å²) >= 11 is 0. The molecule has 3 rings (SSSR count). The minimum absolute atomic E-state index is 0.658. The van der Waals surface area contributed by atoms with Crippen LogP contribution in [-0.4, -0.2) is 12.3 Å². The minimum Gasteiger partial charge on any atom is -0.493 e. The highest BCUT2D eigenvalue weighted by Crippen LogP contribution is 2.25. The van der Waals surface area contributed by atoms with Crippen LogP contribution < -0.4 is 4.74 Å². The van der Waals surface area contributed by atoms with Gasteiger partial charge in [-0.3, -0.25) is 4.99 Å². The Labute approximate surface area is 169 Å². The first-order valence-corrected chi connectivity index (χ1v) is 10.5. The molecule has 1 unspecified atom stereocenters. The van der Waals surface area contributed by atoms with Crippen molar-refractivity contribution in [2.45, 2.75) is 46.0 Å². The zero-order valence-corrected chi connectivity index (χ0v) is 17.1. The second kappa shape index (κ2) is 10.7. The lowest BCUT2D eigenvalue weighted by Gasteiger charge is -2.16. The van der Waals surface area contributed by atoms with E-state index in [1.807, 2.05) is 30.3 Å². The second-order valence-electron chi connectivity index (χ2n) is 7.39. The minimum atomic E-state index is 0.658. The SMILES string of the molecule is CCCCC(CC)COc1ccc(C2=CCC(=Nc3ccccc3)C=C2)cc1. The highest BCUT2D eigenvalue weighted by molar-refractivity contribution is 6.02. The molecule has 1 aliphatic carbocycles. The fourth-order valence-electron chi connectivity index (χ4n) is 3.36. The van der Waals surface area contributed by atoms with E-state index < -0.39 is 0 Å². The second-order valence-corrected chi connectivity index (χ2v) is 7.39. The fraction of sp³-hybridized carbons (Fsp3) is 0.346. The molecule has 2 aromatic carbocycles. The number of allylic oxidation sites excluding steroid dienone is 4. The van der Waals surface area contributed by atoms with Gasteiger partial charge in [0.1, 0.15) is 5.75 Å². The number of hydrogen-bond donors (Lipinski definition) is 0. The van der Waals surface area contributed by atoms with Crippen molar-refractivity contribution >= 4 is 17.0 Å². The van der Waals surface area contributed by atoms with Gasteiger partial charge in [0.05, 0.1) is 12.3 Å². The van der Waals surface area contributed by atoms with Crippen molar-refractivity contribution in [3.05, 3.63) is 78.4 Å². The standard InChI is InChI=1S/C26H31NO/c1-3-5-9-21(4-2)20-28-26-18-14-23(15-19-26)22-12-16-25(17-13-22)27-24-10-7-6-8-11-24/h6-8,10-16,18-19,21H,3-5,9,17,20H2,1-2H3. The molecule has 0 saturated heterocycles. The van der Waals surface area contributed by atoms with E-state index in [1.54, 1.807) is 0 Å². The van der Waals surface area contributed by atoms with Crippen LogP contribution in [0.1, 0.15) is 51.5 Å². The lowest BCUT2D eigenvalue weighted by molar-refractivity contribution is 0.233. The maximum Gasteiger partial charge on any atom is 0.119 e. The number of benzene rings is 2. The monoisotopic (exact) mass is 373 g/mol. The third kappa shape index (κ3) is 5.95. The predicted molar refractivity (Wildman–Crippen MR) is 121 cm³/mol. The molecule has 0 N–H and O–H groups in total. The molecule has 2 aromatic rings. The zero-order valence-electron chi connectivity index (χ0n) is 17.1. The van der Waals surface area contributed by atoms with Crippen LogP contribution in [0.4, 0.5) is 5.69 Å². The summed E-state index contributed by atoms with van der Waals surface area (Å²) in [6, 6.07) is 18.6. The summed E-state index contributed by atoms with van der Waals surface area (Å²) in [5.41, 5.74) is 4.56. The number of ether oxygens (including phenoxy) is 1. The molecule has 0 heterocycles. The van der Waals surface area contributed by atoms with Crippen LogP contribution in [0.15, 0.2) is 77.8 Å². The van der Waals surface area contributed by atoms with Gasteiger partial charge in [-0.25, -0.2) is 0 Å². The van der Waals surface area contributed by atoms with Crippen LogP contribution >= 0.6 is 0 Å². The summed E-state index contributed by atoms with van der Waals surface area (Å²) in [6.45, 7) is 5.32. The third-order valence-corrected chi connectivity index (χ3v) is 5.23. The summed E-state index contributed by atoms with van der Waals surface area (Å²) in [5, 5.41) is 0. The van der Waals surface area contributed by atoms with Gasteiger partial charge < -0.3 is 4.74 Å². The molecule has 146 valence electrons. The van der Waals surface area contributed by atoms with Crippen LogP contribution in [0.5, 0.6) is 5.75 Å². The van der Waals surface area contributed by atoms with Gasteiger partial charge in [0.25, 0.3) is 0 Å². The van der Waals surface area contributed by atoms with Gasteiger partial charge in [-0.05, 0) is 53.8 Å². The van der Waals surface area contributed by atoms with E-state index in [9.17, 15) is 0 Å². The molecule has 0 bridgehead atoms. The molecule has 0 saturated carbocycles. The Balaban J connectivity index is 1.55. The molecule has 2 nitrogen and oxygen atoms in total. The van der Waals surface area contributed by atoms with Crippen LogP contribution in [0.25, 0.3) is 5.57 Å². The average Bonchev–Trinajstić information content (AvgIpc) is 2.76. The van der Waals surface area contributed by atoms with Crippen molar-refractivity contribution in [2.75, 3.05) is 6.61 Å². The van der Waals surface area contributed by atoms with Gasteiger partial charge in [0, 0.05) is 12.1 Å². The summed E-state index contributed by atoms with van der Waals surface area (Å²) in [7, 11) is 0. The first-order valence-electron chi connectivity index (χ1n) is 10.5. The van der Waals surface area contributed by atoms with E-state index in [1.165, 1.54) is 36.8 Å². The predicted octanol–water partition coefficient (Wildman–Crippen LogP) is 7.40. The summed E-state index contributed by atoms with van der Waals surface area (Å²) in [4.78, 5) is 4.70. The largest absolute Gasteiger partial charge is 0.493 e. The molecule has 1 atom stereocenters. The van der Waals surface area contributed by atoms with Gasteiger partial charge >= 0.3 is 0 Å². The van der Waals surface area contributed by atoms with E-state index in [-0.39, 0.29) is 0 Å². The number of para-hydroxylation sites is 1. The third-order valence-electron chi connectivity index (χ3n) is 5.23. The molecular weight excluding hydrogens is 342 g/mol. The Hall–Kier alpha value is -2.61.